The van der Waals surface area contributed by atoms with Gasteiger partial charge in [-0.1, -0.05) is 47.0 Å². The van der Waals surface area contributed by atoms with Crippen molar-refractivity contribution >= 4 is 70.9 Å². The summed E-state index contributed by atoms with van der Waals surface area (Å²) in [6.07, 6.45) is 3.15. The fraction of sp³-hybridized carbons (Fsp3) is 0.300. The smallest absolute Gasteiger partial charge is 0.346 e. The zero-order valence-electron chi connectivity index (χ0n) is 18.9. The maximum absolute atomic E-state index is 12.1. The van der Waals surface area contributed by atoms with Crippen LogP contribution in [-0.4, -0.2) is 66.5 Å². The molecule has 0 aromatic carbocycles. The number of esters is 4. The van der Waals surface area contributed by atoms with Crippen molar-refractivity contribution in [2.75, 3.05) is 42.7 Å². The van der Waals surface area contributed by atoms with Gasteiger partial charge in [-0.2, -0.15) is 0 Å². The molecule has 0 bridgehead atoms. The van der Waals surface area contributed by atoms with Gasteiger partial charge in [0.1, 0.15) is 19.6 Å². The third-order valence-corrected chi connectivity index (χ3v) is 8.72. The minimum absolute atomic E-state index is 0.0925. The highest BCUT2D eigenvalue weighted by atomic mass is 32.2. The van der Waals surface area contributed by atoms with Crippen LogP contribution in [0.1, 0.15) is 0 Å². The maximum Gasteiger partial charge on any atom is 0.346 e. The first-order chi connectivity index (χ1) is 16.2. The number of thioether (sulfide) groups is 4. The molecule has 0 fully saturated rings. The van der Waals surface area contributed by atoms with E-state index in [1.807, 2.05) is 0 Å². The van der Waals surface area contributed by atoms with E-state index in [9.17, 15) is 19.2 Å². The molecule has 2 heterocycles. The fourth-order valence-corrected chi connectivity index (χ4v) is 7.00. The van der Waals surface area contributed by atoms with Gasteiger partial charge in [-0.3, -0.25) is 0 Å². The fourth-order valence-electron chi connectivity index (χ4n) is 2.33. The quantitative estimate of drug-likeness (QED) is 0.250. The second-order valence-electron chi connectivity index (χ2n) is 5.75. The van der Waals surface area contributed by atoms with Crippen LogP contribution in [0.5, 0.6) is 0 Å². The largest absolute Gasteiger partial charge is 0.493 e. The molecule has 0 saturated heterocycles. The first-order valence-corrected chi connectivity index (χ1v) is 12.3. The lowest BCUT2D eigenvalue weighted by Crippen LogP contribution is -2.08. The van der Waals surface area contributed by atoms with Crippen molar-refractivity contribution in [2.45, 2.75) is 0 Å². The maximum atomic E-state index is 12.1. The number of allylic oxidation sites excluding steroid dienone is 2. The highest BCUT2D eigenvalue weighted by Gasteiger charge is 2.34. The van der Waals surface area contributed by atoms with Gasteiger partial charge in [-0.05, 0) is 0 Å². The molecule has 0 aliphatic carbocycles. The van der Waals surface area contributed by atoms with Crippen molar-refractivity contribution < 1.29 is 47.6 Å². The molecular formula is C20H20O10S4. The van der Waals surface area contributed by atoms with E-state index in [0.29, 0.717) is 8.47 Å². The summed E-state index contributed by atoms with van der Waals surface area (Å²) in [5, 5.41) is 0. The van der Waals surface area contributed by atoms with Crippen LogP contribution in [0, 0.1) is 0 Å². The Morgan fingerprint density at radius 1 is 0.471 bits per heavy atom. The zero-order chi connectivity index (χ0) is 25.4. The third kappa shape index (κ3) is 6.37. The van der Waals surface area contributed by atoms with E-state index in [-0.39, 0.29) is 31.1 Å². The van der Waals surface area contributed by atoms with Crippen molar-refractivity contribution in [2.24, 2.45) is 0 Å². The predicted molar refractivity (Wildman–Crippen MR) is 130 cm³/mol. The van der Waals surface area contributed by atoms with Gasteiger partial charge in [-0.15, -0.1) is 0 Å². The molecule has 2 rings (SSSR count). The second kappa shape index (κ2) is 12.9. The Labute approximate surface area is 212 Å². The minimum atomic E-state index is -0.672. The van der Waals surface area contributed by atoms with Crippen LogP contribution in [0.2, 0.25) is 0 Å². The summed E-state index contributed by atoms with van der Waals surface area (Å²) in [4.78, 5) is 48.7. The first-order valence-electron chi connectivity index (χ1n) is 9.03. The lowest BCUT2D eigenvalue weighted by Gasteiger charge is -2.09. The Morgan fingerprint density at radius 3 is 0.882 bits per heavy atom. The SMILES string of the molecule is COC(=O)C1=C(C(=O)OC)SC(=C/C(OC)=C(/C=C2SC(C(=O)OC)=C(C(=O)OC)S2)OC)S1. The summed E-state index contributed by atoms with van der Waals surface area (Å²) in [6.45, 7) is 0. The van der Waals surface area contributed by atoms with Gasteiger partial charge in [0.15, 0.2) is 11.5 Å². The number of methoxy groups -OCH3 is 6. The lowest BCUT2D eigenvalue weighted by atomic mass is 10.4. The summed E-state index contributed by atoms with van der Waals surface area (Å²) in [6, 6.07) is 0. The van der Waals surface area contributed by atoms with E-state index in [1.165, 1.54) is 42.7 Å². The Hall–Kier alpha value is -2.42. The van der Waals surface area contributed by atoms with Crippen molar-refractivity contribution in [3.8, 4) is 0 Å². The van der Waals surface area contributed by atoms with Gasteiger partial charge in [-0.25, -0.2) is 19.2 Å². The standard InChI is InChI=1S/C20H20O10S4/c1-25-9(7-11-31-13(17(21)27-3)14(32-11)18(22)28-4)10(26-2)8-12-33-15(19(23)29-5)16(34-12)20(24)30-6/h7-8H,1-6H3/b10-9+. The van der Waals surface area contributed by atoms with Gasteiger partial charge >= 0.3 is 23.9 Å². The molecule has 0 aromatic heterocycles. The summed E-state index contributed by atoms with van der Waals surface area (Å²) >= 11 is 4.08. The Morgan fingerprint density at radius 2 is 0.706 bits per heavy atom. The van der Waals surface area contributed by atoms with E-state index in [4.69, 9.17) is 28.4 Å². The van der Waals surface area contributed by atoms with Crippen LogP contribution >= 0.6 is 47.0 Å². The topological polar surface area (TPSA) is 124 Å². The average Bonchev–Trinajstić information content (AvgIpc) is 3.48. The van der Waals surface area contributed by atoms with Gasteiger partial charge in [0.05, 0.1) is 51.1 Å². The van der Waals surface area contributed by atoms with Crippen molar-refractivity contribution in [1.29, 1.82) is 0 Å². The minimum Gasteiger partial charge on any atom is -0.493 e. The van der Waals surface area contributed by atoms with Crippen LogP contribution in [0.25, 0.3) is 0 Å². The molecule has 0 amide bonds. The van der Waals surface area contributed by atoms with E-state index in [2.05, 4.69) is 0 Å². The molecule has 2 aliphatic heterocycles. The van der Waals surface area contributed by atoms with E-state index in [1.54, 1.807) is 12.2 Å². The van der Waals surface area contributed by atoms with Crippen LogP contribution < -0.4 is 0 Å². The molecule has 2 aliphatic rings. The van der Waals surface area contributed by atoms with E-state index >= 15 is 0 Å². The van der Waals surface area contributed by atoms with Crippen LogP contribution in [0.15, 0.2) is 51.8 Å². The number of hydrogen-bond donors (Lipinski definition) is 0. The molecule has 0 atom stereocenters. The van der Waals surface area contributed by atoms with Gasteiger partial charge in [0, 0.05) is 12.2 Å². The van der Waals surface area contributed by atoms with E-state index in [0.717, 1.165) is 47.0 Å². The average molecular weight is 549 g/mol. The Bertz CT molecular complexity index is 910. The number of ether oxygens (including phenoxy) is 6. The highest BCUT2D eigenvalue weighted by Crippen LogP contribution is 2.52. The number of rotatable bonds is 8. The summed E-state index contributed by atoms with van der Waals surface area (Å²) in [5.74, 6) is -2.18. The predicted octanol–water partition coefficient (Wildman–Crippen LogP) is 3.25. The Kier molecular flexibility index (Phi) is 10.5. The number of hydrogen-bond acceptors (Lipinski definition) is 14. The van der Waals surface area contributed by atoms with E-state index < -0.39 is 23.9 Å². The summed E-state index contributed by atoms with van der Waals surface area (Å²) < 4.78 is 30.9. The monoisotopic (exact) mass is 548 g/mol. The first kappa shape index (κ1) is 27.8. The van der Waals surface area contributed by atoms with Crippen LogP contribution in [-0.2, 0) is 47.6 Å². The number of carbonyl (C=O) groups is 4. The van der Waals surface area contributed by atoms with Crippen molar-refractivity contribution in [3.05, 3.63) is 51.8 Å². The van der Waals surface area contributed by atoms with Crippen molar-refractivity contribution in [3.63, 3.8) is 0 Å². The molecule has 184 valence electrons. The molecule has 0 aromatic rings. The van der Waals surface area contributed by atoms with Crippen LogP contribution in [0.4, 0.5) is 0 Å². The van der Waals surface area contributed by atoms with Gasteiger partial charge < -0.3 is 28.4 Å². The number of carbonyl (C=O) groups excluding carboxylic acids is 4. The summed E-state index contributed by atoms with van der Waals surface area (Å²) in [5.41, 5.74) is 0. The lowest BCUT2D eigenvalue weighted by molar-refractivity contribution is -0.138. The third-order valence-electron chi connectivity index (χ3n) is 3.89. The van der Waals surface area contributed by atoms with Gasteiger partial charge in [0.25, 0.3) is 0 Å². The highest BCUT2D eigenvalue weighted by molar-refractivity contribution is 8.29. The molecule has 0 unspecified atom stereocenters. The van der Waals surface area contributed by atoms with Crippen molar-refractivity contribution in [1.82, 2.24) is 0 Å². The normalized spacial score (nSPS) is 16.1. The molecular weight excluding hydrogens is 528 g/mol. The molecule has 14 heteroatoms. The summed E-state index contributed by atoms with van der Waals surface area (Å²) in [7, 11) is 7.67. The molecule has 0 radical (unpaired) electrons. The molecule has 10 nitrogen and oxygen atoms in total. The van der Waals surface area contributed by atoms with Crippen LogP contribution in [0.3, 0.4) is 0 Å². The molecule has 34 heavy (non-hydrogen) atoms. The Balaban J connectivity index is 2.40. The molecule has 0 saturated carbocycles. The second-order valence-corrected chi connectivity index (χ2v) is 10.5. The molecule has 0 N–H and O–H groups in total. The van der Waals surface area contributed by atoms with Gasteiger partial charge in [0.2, 0.25) is 0 Å². The zero-order valence-corrected chi connectivity index (χ0v) is 22.1. The molecule has 0 spiro atoms.